The topological polar surface area (TPSA) is 54.5 Å². The highest BCUT2D eigenvalue weighted by atomic mass is 16.2. The van der Waals surface area contributed by atoms with Gasteiger partial charge in [0, 0.05) is 31.8 Å². The molecule has 132 valence electrons. The summed E-state index contributed by atoms with van der Waals surface area (Å²) in [5.74, 6) is 1.22. The maximum Gasteiger partial charge on any atom is 0.226 e. The number of hydrogen-bond acceptors (Lipinski definition) is 3. The second kappa shape index (κ2) is 9.84. The normalized spacial score (nSPS) is 22.7. The van der Waals surface area contributed by atoms with Gasteiger partial charge in [-0.3, -0.25) is 9.59 Å². The monoisotopic (exact) mass is 323 g/mol. The van der Waals surface area contributed by atoms with Gasteiger partial charge in [-0.15, -0.1) is 0 Å². The van der Waals surface area contributed by atoms with Crippen LogP contribution in [-0.2, 0) is 14.4 Å². The molecule has 0 saturated heterocycles. The molecule has 0 aromatic rings. The molecule has 1 saturated carbocycles. The number of ketones is 1. The van der Waals surface area contributed by atoms with E-state index >= 15 is 0 Å². The van der Waals surface area contributed by atoms with Crippen molar-refractivity contribution in [1.29, 1.82) is 0 Å². The van der Waals surface area contributed by atoms with Crippen LogP contribution >= 0.6 is 0 Å². The molecule has 0 aromatic carbocycles. The zero-order chi connectivity index (χ0) is 17.4. The molecule has 1 fully saturated rings. The van der Waals surface area contributed by atoms with Crippen LogP contribution in [-0.4, -0.2) is 36.5 Å². The van der Waals surface area contributed by atoms with E-state index in [0.29, 0.717) is 18.1 Å². The van der Waals surface area contributed by atoms with Crippen LogP contribution < -0.4 is 0 Å². The second-order valence-corrected chi connectivity index (χ2v) is 7.13. The Bertz CT molecular complexity index is 395. The molecule has 0 radical (unpaired) electrons. The molecule has 0 aliphatic heterocycles. The van der Waals surface area contributed by atoms with Crippen LogP contribution in [0, 0.1) is 23.7 Å². The minimum Gasteiger partial charge on any atom is -0.345 e. The lowest BCUT2D eigenvalue weighted by Gasteiger charge is -2.33. The number of hydrogen-bond donors (Lipinski definition) is 0. The zero-order valence-electron chi connectivity index (χ0n) is 15.2. The summed E-state index contributed by atoms with van der Waals surface area (Å²) in [6.07, 6.45) is 7.01. The molecule has 0 bridgehead atoms. The SMILES string of the molecule is CCC(CC)C(CC=O)C(=O)N(C)CC1CCC(C(C)=O)CC1. The molecule has 4 heteroatoms. The van der Waals surface area contributed by atoms with Crippen molar-refractivity contribution >= 4 is 18.0 Å². The summed E-state index contributed by atoms with van der Waals surface area (Å²) in [4.78, 5) is 37.0. The van der Waals surface area contributed by atoms with Crippen LogP contribution in [0.2, 0.25) is 0 Å². The maximum atomic E-state index is 12.8. The molecule has 1 unspecified atom stereocenters. The predicted octanol–water partition coefficient (Wildman–Crippen LogP) is 3.48. The summed E-state index contributed by atoms with van der Waals surface area (Å²) in [7, 11) is 1.86. The van der Waals surface area contributed by atoms with Crippen molar-refractivity contribution < 1.29 is 14.4 Å². The fourth-order valence-corrected chi connectivity index (χ4v) is 3.97. The molecule has 0 aromatic heterocycles. The number of carbonyl (C=O) groups excluding carboxylic acids is 3. The number of aldehydes is 1. The van der Waals surface area contributed by atoms with Crippen LogP contribution in [0.5, 0.6) is 0 Å². The number of carbonyl (C=O) groups is 3. The van der Waals surface area contributed by atoms with E-state index in [1.54, 1.807) is 6.92 Å². The van der Waals surface area contributed by atoms with E-state index in [2.05, 4.69) is 13.8 Å². The van der Waals surface area contributed by atoms with Gasteiger partial charge in [0.05, 0.1) is 0 Å². The lowest BCUT2D eigenvalue weighted by atomic mass is 9.80. The Morgan fingerprint density at radius 3 is 2.13 bits per heavy atom. The van der Waals surface area contributed by atoms with Gasteiger partial charge < -0.3 is 9.69 Å². The van der Waals surface area contributed by atoms with Gasteiger partial charge in [0.2, 0.25) is 5.91 Å². The Hall–Kier alpha value is -1.19. The molecule has 0 N–H and O–H groups in total. The van der Waals surface area contributed by atoms with E-state index in [0.717, 1.165) is 51.4 Å². The standard InChI is InChI=1S/C19H33NO3/c1-5-16(6-2)18(11-12-21)19(23)20(4)13-15-7-9-17(10-8-15)14(3)22/h12,15-18H,5-11,13H2,1-4H3. The van der Waals surface area contributed by atoms with Gasteiger partial charge in [0.1, 0.15) is 12.1 Å². The van der Waals surface area contributed by atoms with Crippen LogP contribution in [0.4, 0.5) is 0 Å². The Labute approximate surface area is 141 Å². The van der Waals surface area contributed by atoms with Gasteiger partial charge in [-0.05, 0) is 44.4 Å². The molecule has 1 atom stereocenters. The molecule has 1 aliphatic carbocycles. The Balaban J connectivity index is 2.58. The summed E-state index contributed by atoms with van der Waals surface area (Å²) in [5, 5.41) is 0. The number of amides is 1. The third-order valence-electron chi connectivity index (χ3n) is 5.62. The first-order valence-electron chi connectivity index (χ1n) is 9.13. The number of nitrogens with zero attached hydrogens (tertiary/aromatic N) is 1. The Kier molecular flexibility index (Phi) is 8.49. The number of rotatable bonds is 9. The highest BCUT2D eigenvalue weighted by molar-refractivity contribution is 5.81. The van der Waals surface area contributed by atoms with Gasteiger partial charge in [-0.1, -0.05) is 26.7 Å². The maximum absolute atomic E-state index is 12.8. The van der Waals surface area contributed by atoms with Crippen LogP contribution in [0.25, 0.3) is 0 Å². The van der Waals surface area contributed by atoms with E-state index in [1.807, 2.05) is 11.9 Å². The van der Waals surface area contributed by atoms with Gasteiger partial charge in [0.25, 0.3) is 0 Å². The van der Waals surface area contributed by atoms with E-state index < -0.39 is 0 Å². The second-order valence-electron chi connectivity index (χ2n) is 7.13. The minimum absolute atomic E-state index is 0.111. The van der Waals surface area contributed by atoms with Crippen molar-refractivity contribution in [2.75, 3.05) is 13.6 Å². The fourth-order valence-electron chi connectivity index (χ4n) is 3.97. The molecular weight excluding hydrogens is 290 g/mol. The number of Topliss-reactive ketones (excluding diaryl/α,β-unsaturated/α-hetero) is 1. The van der Waals surface area contributed by atoms with Crippen molar-refractivity contribution in [1.82, 2.24) is 4.90 Å². The van der Waals surface area contributed by atoms with Crippen LogP contribution in [0.1, 0.15) is 65.7 Å². The predicted molar refractivity (Wildman–Crippen MR) is 92.0 cm³/mol. The molecular formula is C19H33NO3. The summed E-state index contributed by atoms with van der Waals surface area (Å²) in [6, 6.07) is 0. The summed E-state index contributed by atoms with van der Waals surface area (Å²) >= 11 is 0. The van der Waals surface area contributed by atoms with Crippen molar-refractivity contribution in [2.45, 2.75) is 65.7 Å². The lowest BCUT2D eigenvalue weighted by molar-refractivity contribution is -0.138. The molecule has 4 nitrogen and oxygen atoms in total. The van der Waals surface area contributed by atoms with Gasteiger partial charge >= 0.3 is 0 Å². The molecule has 1 amide bonds. The van der Waals surface area contributed by atoms with Crippen molar-refractivity contribution in [3.8, 4) is 0 Å². The third-order valence-corrected chi connectivity index (χ3v) is 5.62. The van der Waals surface area contributed by atoms with Gasteiger partial charge in [-0.2, -0.15) is 0 Å². The first-order valence-corrected chi connectivity index (χ1v) is 9.13. The largest absolute Gasteiger partial charge is 0.345 e. The summed E-state index contributed by atoms with van der Waals surface area (Å²) in [6.45, 7) is 6.60. The van der Waals surface area contributed by atoms with Crippen molar-refractivity contribution in [3.05, 3.63) is 0 Å². The molecule has 1 rings (SSSR count). The first-order chi connectivity index (χ1) is 10.9. The van der Waals surface area contributed by atoms with E-state index in [9.17, 15) is 14.4 Å². The average molecular weight is 323 g/mol. The average Bonchev–Trinajstić information content (AvgIpc) is 2.54. The molecule has 0 heterocycles. The molecule has 23 heavy (non-hydrogen) atoms. The Morgan fingerprint density at radius 2 is 1.70 bits per heavy atom. The van der Waals surface area contributed by atoms with E-state index in [-0.39, 0.29) is 23.7 Å². The minimum atomic E-state index is -0.180. The third kappa shape index (κ3) is 5.74. The van der Waals surface area contributed by atoms with E-state index in [4.69, 9.17) is 0 Å². The lowest BCUT2D eigenvalue weighted by Crippen LogP contribution is -2.40. The molecule has 1 aliphatic rings. The smallest absolute Gasteiger partial charge is 0.226 e. The quantitative estimate of drug-likeness (QED) is 0.610. The van der Waals surface area contributed by atoms with Crippen LogP contribution in [0.3, 0.4) is 0 Å². The Morgan fingerprint density at radius 1 is 1.13 bits per heavy atom. The highest BCUT2D eigenvalue weighted by Crippen LogP contribution is 2.31. The summed E-state index contributed by atoms with van der Waals surface area (Å²) in [5.41, 5.74) is 0. The van der Waals surface area contributed by atoms with Crippen molar-refractivity contribution in [3.63, 3.8) is 0 Å². The van der Waals surface area contributed by atoms with E-state index in [1.165, 1.54) is 0 Å². The van der Waals surface area contributed by atoms with Gasteiger partial charge in [-0.25, -0.2) is 0 Å². The first kappa shape index (κ1) is 19.9. The van der Waals surface area contributed by atoms with Crippen molar-refractivity contribution in [2.24, 2.45) is 23.7 Å². The summed E-state index contributed by atoms with van der Waals surface area (Å²) < 4.78 is 0. The van der Waals surface area contributed by atoms with Gasteiger partial charge in [0.15, 0.2) is 0 Å². The zero-order valence-corrected chi connectivity index (χ0v) is 15.2. The van der Waals surface area contributed by atoms with Crippen LogP contribution in [0.15, 0.2) is 0 Å². The highest BCUT2D eigenvalue weighted by Gasteiger charge is 2.30. The fraction of sp³-hybridized carbons (Fsp3) is 0.842. The molecule has 0 spiro atoms.